The molecule has 0 aromatic heterocycles. The normalized spacial score (nSPS) is 22.5. The van der Waals surface area contributed by atoms with E-state index in [9.17, 15) is 9.18 Å². The Morgan fingerprint density at radius 2 is 2.19 bits per heavy atom. The fourth-order valence-electron chi connectivity index (χ4n) is 2.40. The summed E-state index contributed by atoms with van der Waals surface area (Å²) < 4.78 is 19.4. The van der Waals surface area contributed by atoms with E-state index < -0.39 is 0 Å². The molecule has 21 heavy (non-hydrogen) atoms. The first-order valence-corrected chi connectivity index (χ1v) is 7.83. The molecule has 1 aliphatic carbocycles. The Hall–Kier alpha value is -1.07. The predicted molar refractivity (Wildman–Crippen MR) is 84.7 cm³/mol. The van der Waals surface area contributed by atoms with E-state index in [-0.39, 0.29) is 23.0 Å². The standard InChI is InChI=1S/C16H22FNO2S/c1-10(21)16(19)4-3-11-5-12(17)7-14(6-11)20-15-8-13(9-15)18-2/h5-7,10,13,15,18,21H,3-4,8-9H2,1-2H3/t10?,13-,15-. The second-order valence-corrected chi connectivity index (χ2v) is 6.41. The zero-order valence-corrected chi connectivity index (χ0v) is 13.3. The Bertz CT molecular complexity index is 501. The minimum Gasteiger partial charge on any atom is -0.490 e. The quantitative estimate of drug-likeness (QED) is 0.761. The number of ether oxygens (including phenoxy) is 1. The van der Waals surface area contributed by atoms with Gasteiger partial charge in [0.15, 0.2) is 0 Å². The molecule has 1 saturated carbocycles. The van der Waals surface area contributed by atoms with E-state index in [4.69, 9.17) is 4.74 Å². The molecule has 1 aromatic rings. The van der Waals surface area contributed by atoms with Crippen molar-refractivity contribution in [2.24, 2.45) is 0 Å². The number of carbonyl (C=O) groups excluding carboxylic acids is 1. The maximum atomic E-state index is 13.6. The van der Waals surface area contributed by atoms with Gasteiger partial charge in [-0.2, -0.15) is 12.6 Å². The Labute approximate surface area is 130 Å². The highest BCUT2D eigenvalue weighted by Crippen LogP contribution is 2.27. The summed E-state index contributed by atoms with van der Waals surface area (Å²) in [6, 6.07) is 5.18. The highest BCUT2D eigenvalue weighted by Gasteiger charge is 2.29. The van der Waals surface area contributed by atoms with Crippen LogP contribution in [0.1, 0.15) is 31.7 Å². The van der Waals surface area contributed by atoms with Crippen LogP contribution in [0.2, 0.25) is 0 Å². The number of carbonyl (C=O) groups is 1. The Balaban J connectivity index is 1.92. The van der Waals surface area contributed by atoms with Gasteiger partial charge in [0.25, 0.3) is 0 Å². The molecule has 1 aromatic carbocycles. The molecule has 0 heterocycles. The molecule has 2 rings (SSSR count). The molecule has 1 unspecified atom stereocenters. The molecule has 0 saturated heterocycles. The lowest BCUT2D eigenvalue weighted by Crippen LogP contribution is -2.45. The number of benzene rings is 1. The summed E-state index contributed by atoms with van der Waals surface area (Å²) in [4.78, 5) is 11.6. The molecule has 3 nitrogen and oxygen atoms in total. The van der Waals surface area contributed by atoms with Crippen molar-refractivity contribution in [3.63, 3.8) is 0 Å². The molecule has 0 amide bonds. The molecule has 0 aliphatic heterocycles. The summed E-state index contributed by atoms with van der Waals surface area (Å²) in [6.07, 6.45) is 2.92. The molecule has 1 aliphatic rings. The zero-order chi connectivity index (χ0) is 15.4. The van der Waals surface area contributed by atoms with Crippen LogP contribution in [0, 0.1) is 5.82 Å². The van der Waals surface area contributed by atoms with Gasteiger partial charge in [-0.3, -0.25) is 4.79 Å². The van der Waals surface area contributed by atoms with Crippen LogP contribution in [0.5, 0.6) is 5.75 Å². The number of rotatable bonds is 7. The molecule has 0 bridgehead atoms. The van der Waals surface area contributed by atoms with Gasteiger partial charge in [0.1, 0.15) is 23.5 Å². The van der Waals surface area contributed by atoms with Crippen molar-refractivity contribution in [3.05, 3.63) is 29.6 Å². The summed E-state index contributed by atoms with van der Waals surface area (Å²) in [5.41, 5.74) is 0.789. The number of halogens is 1. The molecule has 5 heteroatoms. The molecular formula is C16H22FNO2S. The average Bonchev–Trinajstić information content (AvgIpc) is 2.39. The van der Waals surface area contributed by atoms with Crippen LogP contribution in [-0.4, -0.2) is 30.2 Å². The SMILES string of the molecule is CN[C@H]1C[C@H](Oc2cc(F)cc(CCC(=O)C(C)S)c2)C1. The summed E-state index contributed by atoms with van der Waals surface area (Å²) in [5, 5.41) is 2.91. The first kappa shape index (κ1) is 16.3. The van der Waals surface area contributed by atoms with Crippen LogP contribution in [0.4, 0.5) is 4.39 Å². The van der Waals surface area contributed by atoms with Gasteiger partial charge in [0.05, 0.1) is 5.25 Å². The van der Waals surface area contributed by atoms with E-state index in [1.807, 2.05) is 13.1 Å². The molecule has 1 atom stereocenters. The monoisotopic (exact) mass is 311 g/mol. The van der Waals surface area contributed by atoms with Crippen molar-refractivity contribution in [1.29, 1.82) is 0 Å². The lowest BCUT2D eigenvalue weighted by atomic mass is 9.89. The first-order valence-electron chi connectivity index (χ1n) is 7.32. The largest absolute Gasteiger partial charge is 0.490 e. The maximum Gasteiger partial charge on any atom is 0.145 e. The van der Waals surface area contributed by atoms with Crippen molar-refractivity contribution < 1.29 is 13.9 Å². The van der Waals surface area contributed by atoms with Crippen molar-refractivity contribution in [2.45, 2.75) is 50.0 Å². The molecule has 0 radical (unpaired) electrons. The summed E-state index contributed by atoms with van der Waals surface area (Å²) in [6.45, 7) is 1.75. The lowest BCUT2D eigenvalue weighted by molar-refractivity contribution is -0.118. The van der Waals surface area contributed by atoms with Gasteiger partial charge in [-0.15, -0.1) is 0 Å². The number of Topliss-reactive ketones (excluding diaryl/α,β-unsaturated/α-hetero) is 1. The summed E-state index contributed by atoms with van der Waals surface area (Å²) in [5.74, 6) is 0.301. The van der Waals surface area contributed by atoms with E-state index >= 15 is 0 Å². The van der Waals surface area contributed by atoms with Gasteiger partial charge in [0, 0.05) is 18.5 Å². The summed E-state index contributed by atoms with van der Waals surface area (Å²) >= 11 is 4.11. The third-order valence-corrected chi connectivity index (χ3v) is 4.15. The van der Waals surface area contributed by atoms with Gasteiger partial charge in [-0.05, 0) is 50.9 Å². The minimum atomic E-state index is -0.321. The average molecular weight is 311 g/mol. The topological polar surface area (TPSA) is 38.3 Å². The van der Waals surface area contributed by atoms with Crippen molar-refractivity contribution in [2.75, 3.05) is 7.05 Å². The van der Waals surface area contributed by atoms with E-state index in [1.165, 1.54) is 12.1 Å². The maximum absolute atomic E-state index is 13.6. The fraction of sp³-hybridized carbons (Fsp3) is 0.562. The van der Waals surface area contributed by atoms with E-state index in [2.05, 4.69) is 17.9 Å². The number of hydrogen-bond acceptors (Lipinski definition) is 4. The van der Waals surface area contributed by atoms with Crippen LogP contribution in [-0.2, 0) is 11.2 Å². The lowest BCUT2D eigenvalue weighted by Gasteiger charge is -2.35. The number of aryl methyl sites for hydroxylation is 1. The van der Waals surface area contributed by atoms with Crippen LogP contribution in [0.3, 0.4) is 0 Å². The summed E-state index contributed by atoms with van der Waals surface area (Å²) in [7, 11) is 1.93. The molecular weight excluding hydrogens is 289 g/mol. The van der Waals surface area contributed by atoms with Crippen molar-refractivity contribution >= 4 is 18.4 Å². The van der Waals surface area contributed by atoms with E-state index in [1.54, 1.807) is 6.92 Å². The van der Waals surface area contributed by atoms with Crippen LogP contribution >= 0.6 is 12.6 Å². The minimum absolute atomic E-state index is 0.0703. The number of hydrogen-bond donors (Lipinski definition) is 2. The third kappa shape index (κ3) is 4.71. The van der Waals surface area contributed by atoms with Crippen LogP contribution in [0.25, 0.3) is 0 Å². The Morgan fingerprint density at radius 1 is 1.48 bits per heavy atom. The third-order valence-electron chi connectivity index (χ3n) is 3.86. The van der Waals surface area contributed by atoms with E-state index in [0.29, 0.717) is 24.6 Å². The number of ketones is 1. The van der Waals surface area contributed by atoms with Gasteiger partial charge in [-0.1, -0.05) is 0 Å². The molecule has 1 fully saturated rings. The van der Waals surface area contributed by atoms with Crippen LogP contribution in [0.15, 0.2) is 18.2 Å². The Morgan fingerprint density at radius 3 is 2.81 bits per heavy atom. The van der Waals surface area contributed by atoms with Crippen molar-refractivity contribution in [3.8, 4) is 5.75 Å². The number of thiol groups is 1. The van der Waals surface area contributed by atoms with E-state index in [0.717, 1.165) is 18.4 Å². The highest BCUT2D eigenvalue weighted by atomic mass is 32.1. The zero-order valence-electron chi connectivity index (χ0n) is 12.4. The fourth-order valence-corrected chi connectivity index (χ4v) is 2.53. The number of nitrogens with one attached hydrogen (secondary N) is 1. The van der Waals surface area contributed by atoms with Gasteiger partial charge in [0.2, 0.25) is 0 Å². The van der Waals surface area contributed by atoms with Gasteiger partial charge >= 0.3 is 0 Å². The highest BCUT2D eigenvalue weighted by molar-refractivity contribution is 7.81. The molecule has 116 valence electrons. The smallest absolute Gasteiger partial charge is 0.145 e. The van der Waals surface area contributed by atoms with Gasteiger partial charge in [-0.25, -0.2) is 4.39 Å². The molecule has 0 spiro atoms. The first-order chi connectivity index (χ1) is 9.97. The molecule has 1 N–H and O–H groups in total. The second kappa shape index (κ2) is 7.27. The predicted octanol–water partition coefficient (Wildman–Crippen LogP) is 2.77. The second-order valence-electron chi connectivity index (χ2n) is 5.63. The van der Waals surface area contributed by atoms with Crippen molar-refractivity contribution in [1.82, 2.24) is 5.32 Å². The van der Waals surface area contributed by atoms with Crippen LogP contribution < -0.4 is 10.1 Å². The van der Waals surface area contributed by atoms with Gasteiger partial charge < -0.3 is 10.1 Å². The Kier molecular flexibility index (Phi) is 5.65.